The fraction of sp³-hybridized carbons (Fsp3) is 0.929. The van der Waals surface area contributed by atoms with Gasteiger partial charge in [-0.25, -0.2) is 4.39 Å². The van der Waals surface area contributed by atoms with Crippen molar-refractivity contribution in [3.63, 3.8) is 0 Å². The lowest BCUT2D eigenvalue weighted by Gasteiger charge is -2.45. The lowest BCUT2D eigenvalue weighted by atomic mass is 9.65. The number of rotatable bonds is 1. The molecule has 0 bridgehead atoms. The maximum Gasteiger partial charge on any atom is 0.132 e. The van der Waals surface area contributed by atoms with Crippen LogP contribution in [0.1, 0.15) is 38.5 Å². The van der Waals surface area contributed by atoms with E-state index in [4.69, 9.17) is 28.9 Å². The second-order valence-corrected chi connectivity index (χ2v) is 7.69. The number of nitrogens with zero attached hydrogens (tertiary/aromatic N) is 1. The largest absolute Gasteiger partial charge is 0.385 e. The maximum atomic E-state index is 14.4. The molecule has 114 valence electrons. The molecule has 20 heavy (non-hydrogen) atoms. The van der Waals surface area contributed by atoms with Crippen molar-refractivity contribution in [3.8, 4) is 0 Å². The number of aliphatic imine (C=N–C) groups is 1. The lowest BCUT2D eigenvalue weighted by Crippen LogP contribution is -2.58. The standard InChI is InChI=1S/C14H21Cl2FN2O/c15-7-1-3-11(17)9(5-7)14(20)10-6-8(16)2-4-12(10)19-13(14)18/h7-12,20H,1-6H2,(H2,18,19). The van der Waals surface area contributed by atoms with E-state index in [0.717, 1.165) is 12.8 Å². The van der Waals surface area contributed by atoms with E-state index in [1.165, 1.54) is 0 Å². The van der Waals surface area contributed by atoms with E-state index in [0.29, 0.717) is 25.7 Å². The maximum absolute atomic E-state index is 14.4. The second kappa shape index (κ2) is 5.29. The van der Waals surface area contributed by atoms with Crippen LogP contribution in [0.15, 0.2) is 4.99 Å². The molecule has 2 fully saturated rings. The molecule has 6 heteroatoms. The molecule has 3 rings (SSSR count). The topological polar surface area (TPSA) is 58.6 Å². The number of amidine groups is 1. The van der Waals surface area contributed by atoms with Gasteiger partial charge >= 0.3 is 0 Å². The van der Waals surface area contributed by atoms with Crippen LogP contribution in [0.5, 0.6) is 0 Å². The van der Waals surface area contributed by atoms with E-state index in [-0.39, 0.29) is 28.5 Å². The fourth-order valence-corrected chi connectivity index (χ4v) is 4.84. The van der Waals surface area contributed by atoms with Crippen molar-refractivity contribution < 1.29 is 9.50 Å². The smallest absolute Gasteiger partial charge is 0.132 e. The van der Waals surface area contributed by atoms with Crippen molar-refractivity contribution in [2.75, 3.05) is 0 Å². The molecule has 0 aromatic rings. The molecule has 0 aromatic carbocycles. The fourth-order valence-electron chi connectivity index (χ4n) is 4.21. The molecule has 1 heterocycles. The van der Waals surface area contributed by atoms with Crippen LogP contribution in [0.4, 0.5) is 4.39 Å². The molecule has 7 atom stereocenters. The van der Waals surface area contributed by atoms with Gasteiger partial charge in [0.2, 0.25) is 0 Å². The van der Waals surface area contributed by atoms with Gasteiger partial charge in [0.25, 0.3) is 0 Å². The average Bonchev–Trinajstić information content (AvgIpc) is 2.66. The van der Waals surface area contributed by atoms with Crippen molar-refractivity contribution in [2.24, 2.45) is 22.6 Å². The predicted molar refractivity (Wildman–Crippen MR) is 79.2 cm³/mol. The second-order valence-electron chi connectivity index (χ2n) is 6.46. The molecule has 0 aromatic heterocycles. The molecule has 1 aliphatic heterocycles. The van der Waals surface area contributed by atoms with Crippen molar-refractivity contribution in [3.05, 3.63) is 0 Å². The number of fused-ring (bicyclic) bond motifs is 1. The Morgan fingerprint density at radius 1 is 1.10 bits per heavy atom. The van der Waals surface area contributed by atoms with Crippen molar-refractivity contribution in [1.29, 1.82) is 0 Å². The highest BCUT2D eigenvalue weighted by molar-refractivity contribution is 6.21. The van der Waals surface area contributed by atoms with Crippen LogP contribution in [0.3, 0.4) is 0 Å². The molecule has 2 saturated carbocycles. The van der Waals surface area contributed by atoms with Crippen LogP contribution in [-0.2, 0) is 0 Å². The normalized spacial score (nSPS) is 52.5. The highest BCUT2D eigenvalue weighted by Crippen LogP contribution is 2.49. The molecule has 0 radical (unpaired) electrons. The summed E-state index contributed by atoms with van der Waals surface area (Å²) in [6, 6.07) is -0.0158. The van der Waals surface area contributed by atoms with Crippen LogP contribution in [0.25, 0.3) is 0 Å². The van der Waals surface area contributed by atoms with Crippen LogP contribution >= 0.6 is 23.2 Å². The quantitative estimate of drug-likeness (QED) is 0.729. The van der Waals surface area contributed by atoms with E-state index in [1.807, 2.05) is 0 Å². The Morgan fingerprint density at radius 3 is 2.40 bits per heavy atom. The number of halogens is 3. The van der Waals surface area contributed by atoms with Gasteiger partial charge in [-0.15, -0.1) is 23.2 Å². The first kappa shape index (κ1) is 14.9. The number of alkyl halides is 3. The number of aliphatic hydroxyl groups is 1. The van der Waals surface area contributed by atoms with Crippen LogP contribution < -0.4 is 5.73 Å². The van der Waals surface area contributed by atoms with Gasteiger partial charge in [0.15, 0.2) is 0 Å². The first-order valence-corrected chi connectivity index (χ1v) is 8.28. The molecular weight excluding hydrogens is 302 g/mol. The van der Waals surface area contributed by atoms with Gasteiger partial charge in [0, 0.05) is 22.6 Å². The molecule has 3 N–H and O–H groups in total. The SMILES string of the molecule is NC1=NC2CCC(Cl)CC2C1(O)C1CC(Cl)CCC1F. The summed E-state index contributed by atoms with van der Waals surface area (Å²) in [7, 11) is 0. The summed E-state index contributed by atoms with van der Waals surface area (Å²) in [5, 5.41) is 11.1. The van der Waals surface area contributed by atoms with Gasteiger partial charge < -0.3 is 10.8 Å². The third-order valence-electron chi connectivity index (χ3n) is 5.30. The Morgan fingerprint density at radius 2 is 1.70 bits per heavy atom. The summed E-state index contributed by atoms with van der Waals surface area (Å²) in [4.78, 5) is 4.41. The van der Waals surface area contributed by atoms with E-state index in [9.17, 15) is 9.50 Å². The first-order chi connectivity index (χ1) is 9.42. The first-order valence-electron chi connectivity index (χ1n) is 7.41. The Bertz CT molecular complexity index is 422. The Kier molecular flexibility index (Phi) is 3.93. The van der Waals surface area contributed by atoms with Gasteiger partial charge in [-0.1, -0.05) is 0 Å². The molecule has 0 spiro atoms. The lowest BCUT2D eigenvalue weighted by molar-refractivity contribution is -0.0578. The highest BCUT2D eigenvalue weighted by atomic mass is 35.5. The summed E-state index contributed by atoms with van der Waals surface area (Å²) in [5.74, 6) is -0.528. The molecule has 3 nitrogen and oxygen atoms in total. The molecule has 0 amide bonds. The summed E-state index contributed by atoms with van der Waals surface area (Å²) in [5.41, 5.74) is 4.63. The van der Waals surface area contributed by atoms with Gasteiger partial charge in [-0.05, 0) is 38.5 Å². The third kappa shape index (κ3) is 2.24. The zero-order valence-corrected chi connectivity index (χ0v) is 12.8. The van der Waals surface area contributed by atoms with Crippen LogP contribution in [0, 0.1) is 11.8 Å². The summed E-state index contributed by atoms with van der Waals surface area (Å²) < 4.78 is 14.4. The number of hydrogen-bond acceptors (Lipinski definition) is 3. The molecule has 0 saturated heterocycles. The van der Waals surface area contributed by atoms with Crippen LogP contribution in [0.2, 0.25) is 0 Å². The molecule has 3 aliphatic rings. The van der Waals surface area contributed by atoms with Gasteiger partial charge in [-0.2, -0.15) is 0 Å². The highest BCUT2D eigenvalue weighted by Gasteiger charge is 2.58. The van der Waals surface area contributed by atoms with Crippen molar-refractivity contribution in [2.45, 2.75) is 67.1 Å². The van der Waals surface area contributed by atoms with E-state index < -0.39 is 17.7 Å². The zero-order valence-electron chi connectivity index (χ0n) is 11.3. The summed E-state index contributed by atoms with van der Waals surface area (Å²) in [6.07, 6.45) is 2.75. The average molecular weight is 323 g/mol. The Balaban J connectivity index is 1.90. The van der Waals surface area contributed by atoms with E-state index >= 15 is 0 Å². The minimum absolute atomic E-state index is 0.0114. The van der Waals surface area contributed by atoms with Gasteiger partial charge in [-0.3, -0.25) is 4.99 Å². The Labute approximate surface area is 128 Å². The molecular formula is C14H21Cl2FN2O. The molecule has 2 aliphatic carbocycles. The molecule has 7 unspecified atom stereocenters. The van der Waals surface area contributed by atoms with Gasteiger partial charge in [0.05, 0.1) is 6.04 Å². The Hall–Kier alpha value is -0.0600. The van der Waals surface area contributed by atoms with Crippen molar-refractivity contribution in [1.82, 2.24) is 0 Å². The van der Waals surface area contributed by atoms with Gasteiger partial charge in [0.1, 0.15) is 17.6 Å². The minimum atomic E-state index is -1.37. The monoisotopic (exact) mass is 322 g/mol. The minimum Gasteiger partial charge on any atom is -0.385 e. The number of hydrogen-bond donors (Lipinski definition) is 2. The summed E-state index contributed by atoms with van der Waals surface area (Å²) in [6.45, 7) is 0. The number of nitrogens with two attached hydrogens (primary N) is 1. The van der Waals surface area contributed by atoms with Crippen LogP contribution in [-0.4, -0.2) is 39.5 Å². The van der Waals surface area contributed by atoms with E-state index in [2.05, 4.69) is 4.99 Å². The summed E-state index contributed by atoms with van der Waals surface area (Å²) >= 11 is 12.4. The third-order valence-corrected chi connectivity index (χ3v) is 6.09. The predicted octanol–water partition coefficient (Wildman–Crippen LogP) is 2.61. The van der Waals surface area contributed by atoms with Crippen molar-refractivity contribution >= 4 is 29.0 Å². The van der Waals surface area contributed by atoms with E-state index in [1.54, 1.807) is 0 Å². The zero-order chi connectivity index (χ0) is 14.5.